The van der Waals surface area contributed by atoms with Gasteiger partial charge in [0.05, 0.1) is 16.1 Å². The smallest absolute Gasteiger partial charge is 0.317 e. The summed E-state index contributed by atoms with van der Waals surface area (Å²) in [4.78, 5) is 15.2. The van der Waals surface area contributed by atoms with Gasteiger partial charge in [0, 0.05) is 57.5 Å². The van der Waals surface area contributed by atoms with Gasteiger partial charge in [-0.05, 0) is 44.7 Å². The van der Waals surface area contributed by atoms with Crippen LogP contribution < -0.4 is 10.6 Å². The number of nitrogens with zero attached hydrogens (tertiary/aromatic N) is 1. The van der Waals surface area contributed by atoms with E-state index in [1.807, 2.05) is 24.1 Å². The molecule has 1 unspecified atom stereocenters. The minimum atomic E-state index is -0.217. The maximum absolute atomic E-state index is 13.3. The molecular weight excluding hydrogens is 473 g/mol. The Morgan fingerprint density at radius 1 is 1.18 bits per heavy atom. The maximum Gasteiger partial charge on any atom is 0.317 e. The highest BCUT2D eigenvalue weighted by molar-refractivity contribution is 6.42. The van der Waals surface area contributed by atoms with E-state index in [0.717, 1.165) is 50.3 Å². The summed E-state index contributed by atoms with van der Waals surface area (Å²) in [5.41, 5.74) is 0.896. The number of amides is 2. The third kappa shape index (κ3) is 7.99. The number of nitrogens with one attached hydrogen (secondary N) is 2. The van der Waals surface area contributed by atoms with Crippen molar-refractivity contribution in [3.8, 4) is 0 Å². The van der Waals surface area contributed by atoms with E-state index < -0.39 is 0 Å². The molecule has 3 atom stereocenters. The summed E-state index contributed by atoms with van der Waals surface area (Å²) in [6, 6.07) is 5.87. The standard InChI is InChI=1S/C26H41Cl2N3O3/c1-29-17-21(16-19-8-3-4-9-19)30-26(32)31-13-6-10-20(18-31)25(34-15-7-14-33-2)22-11-5-12-23(27)24(22)28/h5,11-12,19-21,25,29H,3-4,6-10,13-18H2,1-2H3,(H,30,32)/t20-,21?,25-/m1/s1. The fourth-order valence-corrected chi connectivity index (χ4v) is 5.84. The molecule has 1 heterocycles. The van der Waals surface area contributed by atoms with E-state index in [-0.39, 0.29) is 24.1 Å². The first-order valence-electron chi connectivity index (χ1n) is 12.8. The van der Waals surface area contributed by atoms with E-state index in [4.69, 9.17) is 32.7 Å². The first kappa shape index (κ1) is 27.5. The van der Waals surface area contributed by atoms with Crippen molar-refractivity contribution >= 4 is 29.2 Å². The second kappa shape index (κ2) is 14.5. The maximum atomic E-state index is 13.3. The Bertz CT molecular complexity index is 761. The van der Waals surface area contributed by atoms with Crippen molar-refractivity contribution in [2.45, 2.75) is 63.5 Å². The van der Waals surface area contributed by atoms with Crippen LogP contribution in [0.4, 0.5) is 4.79 Å². The molecule has 1 aromatic carbocycles. The number of hydrogen-bond acceptors (Lipinski definition) is 4. The van der Waals surface area contributed by atoms with E-state index in [2.05, 4.69) is 10.6 Å². The zero-order valence-electron chi connectivity index (χ0n) is 20.7. The van der Waals surface area contributed by atoms with Gasteiger partial charge in [0.15, 0.2) is 0 Å². The molecule has 1 saturated carbocycles. The molecule has 1 aliphatic carbocycles. The van der Waals surface area contributed by atoms with Crippen molar-refractivity contribution in [2.24, 2.45) is 11.8 Å². The molecule has 2 fully saturated rings. The molecule has 0 radical (unpaired) electrons. The summed E-state index contributed by atoms with van der Waals surface area (Å²) < 4.78 is 11.5. The largest absolute Gasteiger partial charge is 0.385 e. The molecule has 0 bridgehead atoms. The molecule has 2 amide bonds. The van der Waals surface area contributed by atoms with Gasteiger partial charge < -0.3 is 25.0 Å². The molecule has 192 valence electrons. The predicted octanol–water partition coefficient (Wildman–Crippen LogP) is 5.68. The van der Waals surface area contributed by atoms with E-state index in [1.54, 1.807) is 13.2 Å². The summed E-state index contributed by atoms with van der Waals surface area (Å²) in [5, 5.41) is 7.63. The first-order chi connectivity index (χ1) is 16.5. The van der Waals surface area contributed by atoms with E-state index in [9.17, 15) is 4.79 Å². The summed E-state index contributed by atoms with van der Waals surface area (Å²) in [7, 11) is 3.64. The van der Waals surface area contributed by atoms with Crippen LogP contribution in [0, 0.1) is 11.8 Å². The lowest BCUT2D eigenvalue weighted by Crippen LogP contribution is -2.51. The summed E-state index contributed by atoms with van der Waals surface area (Å²) >= 11 is 12.9. The molecule has 3 rings (SSSR count). The van der Waals surface area contributed by atoms with Crippen LogP contribution in [0.2, 0.25) is 10.0 Å². The van der Waals surface area contributed by atoms with Gasteiger partial charge in [-0.1, -0.05) is 61.0 Å². The first-order valence-corrected chi connectivity index (χ1v) is 13.5. The number of halogens is 2. The number of likely N-dealkylation sites (N-methyl/N-ethyl adjacent to an activating group) is 1. The van der Waals surface area contributed by atoms with Gasteiger partial charge >= 0.3 is 6.03 Å². The number of methoxy groups -OCH3 is 1. The molecule has 1 saturated heterocycles. The summed E-state index contributed by atoms with van der Waals surface area (Å²) in [6.07, 6.45) is 8.74. The van der Waals surface area contributed by atoms with Crippen molar-refractivity contribution in [3.05, 3.63) is 33.8 Å². The van der Waals surface area contributed by atoms with E-state index >= 15 is 0 Å². The monoisotopic (exact) mass is 513 g/mol. The van der Waals surface area contributed by atoms with Gasteiger partial charge in [-0.25, -0.2) is 4.79 Å². The SMILES string of the molecule is CNCC(CC1CCCC1)NC(=O)N1CCC[C@@H]([C@@H](OCCCOC)c2cccc(Cl)c2Cl)C1. The lowest BCUT2D eigenvalue weighted by atomic mass is 9.88. The minimum absolute atomic E-state index is 0.0262. The quantitative estimate of drug-likeness (QED) is 0.353. The number of carbonyl (C=O) groups excluding carboxylic acids is 1. The minimum Gasteiger partial charge on any atom is -0.385 e. The number of rotatable bonds is 12. The Morgan fingerprint density at radius 2 is 1.97 bits per heavy atom. The van der Waals surface area contributed by atoms with Crippen LogP contribution in [0.25, 0.3) is 0 Å². The van der Waals surface area contributed by atoms with Crippen LogP contribution in [0.3, 0.4) is 0 Å². The Kier molecular flexibility index (Phi) is 11.7. The van der Waals surface area contributed by atoms with Crippen molar-refractivity contribution in [1.29, 1.82) is 0 Å². The number of benzene rings is 1. The average molecular weight is 515 g/mol. The number of urea groups is 1. The topological polar surface area (TPSA) is 62.8 Å². The Morgan fingerprint density at radius 3 is 2.71 bits per heavy atom. The van der Waals surface area contributed by atoms with Gasteiger partial charge in [-0.2, -0.15) is 0 Å². The number of likely N-dealkylation sites (tertiary alicyclic amines) is 1. The normalized spacial score (nSPS) is 20.9. The van der Waals surface area contributed by atoms with Crippen molar-refractivity contribution in [2.75, 3.05) is 47.0 Å². The lowest BCUT2D eigenvalue weighted by Gasteiger charge is -2.38. The number of piperidine rings is 1. The number of hydrogen-bond donors (Lipinski definition) is 2. The highest BCUT2D eigenvalue weighted by Gasteiger charge is 2.33. The van der Waals surface area contributed by atoms with Crippen LogP contribution in [0.5, 0.6) is 0 Å². The van der Waals surface area contributed by atoms with Crippen molar-refractivity contribution in [1.82, 2.24) is 15.5 Å². The second-order valence-corrected chi connectivity index (χ2v) is 10.5. The molecule has 2 aliphatic rings. The molecule has 34 heavy (non-hydrogen) atoms. The van der Waals surface area contributed by atoms with Gasteiger partial charge in [0.2, 0.25) is 0 Å². The molecule has 1 aliphatic heterocycles. The van der Waals surface area contributed by atoms with Crippen molar-refractivity contribution < 1.29 is 14.3 Å². The fraction of sp³-hybridized carbons (Fsp3) is 0.731. The van der Waals surface area contributed by atoms with Crippen LogP contribution >= 0.6 is 23.2 Å². The van der Waals surface area contributed by atoms with Gasteiger partial charge in [0.25, 0.3) is 0 Å². The van der Waals surface area contributed by atoms with Crippen LogP contribution in [-0.4, -0.2) is 64.0 Å². The Hall–Kier alpha value is -1.05. The molecular formula is C26H41Cl2N3O3. The molecule has 6 nitrogen and oxygen atoms in total. The van der Waals surface area contributed by atoms with E-state index in [1.165, 1.54) is 25.7 Å². The van der Waals surface area contributed by atoms with Gasteiger partial charge in [-0.15, -0.1) is 0 Å². The number of carbonyl (C=O) groups is 1. The number of ether oxygens (including phenoxy) is 2. The third-order valence-corrected chi connectivity index (χ3v) is 7.96. The van der Waals surface area contributed by atoms with Crippen molar-refractivity contribution in [3.63, 3.8) is 0 Å². The van der Waals surface area contributed by atoms with Crippen LogP contribution in [0.1, 0.15) is 63.0 Å². The fourth-order valence-electron chi connectivity index (χ4n) is 5.43. The highest BCUT2D eigenvalue weighted by Crippen LogP contribution is 2.39. The van der Waals surface area contributed by atoms with Gasteiger partial charge in [0.1, 0.15) is 0 Å². The molecule has 8 heteroatoms. The van der Waals surface area contributed by atoms with E-state index in [0.29, 0.717) is 29.8 Å². The molecule has 0 spiro atoms. The van der Waals surface area contributed by atoms with Crippen LogP contribution in [-0.2, 0) is 9.47 Å². The second-order valence-electron chi connectivity index (χ2n) is 9.72. The Labute approximate surface area is 215 Å². The zero-order valence-corrected chi connectivity index (χ0v) is 22.2. The van der Waals surface area contributed by atoms with Crippen LogP contribution in [0.15, 0.2) is 18.2 Å². The summed E-state index contributed by atoms with van der Waals surface area (Å²) in [5.74, 6) is 0.873. The Balaban J connectivity index is 1.66. The molecule has 2 N–H and O–H groups in total. The average Bonchev–Trinajstić information content (AvgIpc) is 3.35. The van der Waals surface area contributed by atoms with Gasteiger partial charge in [-0.3, -0.25) is 0 Å². The molecule has 0 aromatic heterocycles. The zero-order chi connectivity index (χ0) is 24.3. The summed E-state index contributed by atoms with van der Waals surface area (Å²) in [6.45, 7) is 3.40. The highest BCUT2D eigenvalue weighted by atomic mass is 35.5. The predicted molar refractivity (Wildman–Crippen MR) is 139 cm³/mol. The molecule has 1 aromatic rings. The lowest BCUT2D eigenvalue weighted by molar-refractivity contribution is -0.0167. The third-order valence-electron chi connectivity index (χ3n) is 7.12.